The smallest absolute Gasteiger partial charge is 0.312 e. The number of imide groups is 2. The molecule has 4 fully saturated rings. The SMILES string of the molecule is NC(=O)NC1CCC(Nc2ncc3ccccc3n2)(c2cccc(C3CCN(c4ccc5c(c4)C(=O)N(C4CCC(=O)NC4=O)C5=O)C3)c2N2CCNCC2)CC1. The molecule has 9 rings (SSSR count). The van der Waals surface area contributed by atoms with Crippen LogP contribution >= 0.6 is 0 Å². The fourth-order valence-corrected chi connectivity index (χ4v) is 9.59. The summed E-state index contributed by atoms with van der Waals surface area (Å²) in [5.41, 5.74) is 10.9. The second-order valence-corrected chi connectivity index (χ2v) is 15.8. The van der Waals surface area contributed by atoms with Crippen molar-refractivity contribution in [3.05, 3.63) is 89.1 Å². The molecule has 3 aromatic carbocycles. The Labute approximate surface area is 329 Å². The number of benzene rings is 3. The molecule has 5 heterocycles. The van der Waals surface area contributed by atoms with Crippen LogP contribution in [0.4, 0.5) is 22.1 Å². The molecule has 4 aliphatic heterocycles. The molecule has 1 saturated carbocycles. The summed E-state index contributed by atoms with van der Waals surface area (Å²) in [4.78, 5) is 78.8. The Morgan fingerprint density at radius 1 is 0.860 bits per heavy atom. The third-order valence-electron chi connectivity index (χ3n) is 12.5. The second kappa shape index (κ2) is 14.8. The number of hydrogen-bond donors (Lipinski definition) is 5. The summed E-state index contributed by atoms with van der Waals surface area (Å²) in [5, 5.41) is 13.5. The van der Waals surface area contributed by atoms with Crippen molar-refractivity contribution >= 4 is 57.9 Å². The number of para-hydroxylation sites is 2. The van der Waals surface area contributed by atoms with Crippen molar-refractivity contribution in [1.82, 2.24) is 30.8 Å². The molecule has 15 nitrogen and oxygen atoms in total. The van der Waals surface area contributed by atoms with E-state index in [9.17, 15) is 24.0 Å². The maximum atomic E-state index is 13.7. The van der Waals surface area contributed by atoms with Gasteiger partial charge in [0.1, 0.15) is 6.04 Å². The van der Waals surface area contributed by atoms with E-state index in [0.717, 1.165) is 86.3 Å². The molecule has 4 aromatic rings. The van der Waals surface area contributed by atoms with Crippen LogP contribution in [0.1, 0.15) is 82.7 Å². The minimum atomic E-state index is -1.01. The monoisotopic (exact) mass is 770 g/mol. The zero-order valence-electron chi connectivity index (χ0n) is 31.6. The van der Waals surface area contributed by atoms with Gasteiger partial charge >= 0.3 is 6.03 Å². The van der Waals surface area contributed by atoms with Crippen molar-refractivity contribution in [3.8, 4) is 0 Å². The van der Waals surface area contributed by atoms with E-state index in [1.54, 1.807) is 12.1 Å². The van der Waals surface area contributed by atoms with E-state index in [1.165, 1.54) is 16.8 Å². The third-order valence-corrected chi connectivity index (χ3v) is 12.5. The normalized spacial score (nSPS) is 25.1. The first kappa shape index (κ1) is 36.5. The molecule has 6 amide bonds. The first-order chi connectivity index (χ1) is 27.7. The molecule has 2 atom stereocenters. The minimum Gasteiger partial charge on any atom is -0.371 e. The first-order valence-electron chi connectivity index (χ1n) is 19.9. The number of piperazine rings is 1. The van der Waals surface area contributed by atoms with Crippen molar-refractivity contribution < 1.29 is 24.0 Å². The number of aromatic nitrogens is 2. The van der Waals surface area contributed by atoms with Crippen LogP contribution in [0.2, 0.25) is 0 Å². The summed E-state index contributed by atoms with van der Waals surface area (Å²) in [5.74, 6) is -1.32. The van der Waals surface area contributed by atoms with E-state index in [-0.39, 0.29) is 35.9 Å². The molecular weight excluding hydrogens is 725 g/mol. The summed E-state index contributed by atoms with van der Waals surface area (Å²) in [7, 11) is 0. The average molecular weight is 771 g/mol. The minimum absolute atomic E-state index is 0.0326. The summed E-state index contributed by atoms with van der Waals surface area (Å²) in [6.07, 6.45) is 5.84. The maximum Gasteiger partial charge on any atom is 0.312 e. The van der Waals surface area contributed by atoms with Gasteiger partial charge in [-0.1, -0.05) is 36.4 Å². The van der Waals surface area contributed by atoms with Gasteiger partial charge in [0.25, 0.3) is 11.8 Å². The highest BCUT2D eigenvalue weighted by atomic mass is 16.2. The number of fused-ring (bicyclic) bond motifs is 2. The Kier molecular flexibility index (Phi) is 9.47. The Morgan fingerprint density at radius 2 is 1.65 bits per heavy atom. The number of hydrogen-bond acceptors (Lipinski definition) is 11. The fraction of sp³-hybridized carbons (Fsp3) is 0.405. The number of primary amides is 1. The summed E-state index contributed by atoms with van der Waals surface area (Å²) >= 11 is 0. The van der Waals surface area contributed by atoms with Crippen molar-refractivity contribution in [2.75, 3.05) is 54.4 Å². The third kappa shape index (κ3) is 6.79. The highest BCUT2D eigenvalue weighted by Crippen LogP contribution is 2.48. The lowest BCUT2D eigenvalue weighted by Crippen LogP contribution is -2.54. The van der Waals surface area contributed by atoms with Crippen LogP contribution in [0.5, 0.6) is 0 Å². The number of carbonyl (C=O) groups excluding carboxylic acids is 5. The molecule has 294 valence electrons. The van der Waals surface area contributed by atoms with Crippen LogP contribution in [0.3, 0.4) is 0 Å². The van der Waals surface area contributed by atoms with Gasteiger partial charge in [0.2, 0.25) is 17.8 Å². The second-order valence-electron chi connectivity index (χ2n) is 15.8. The number of piperidine rings is 1. The van der Waals surface area contributed by atoms with Crippen molar-refractivity contribution in [1.29, 1.82) is 0 Å². The zero-order valence-corrected chi connectivity index (χ0v) is 31.6. The molecule has 1 aromatic heterocycles. The lowest BCUT2D eigenvalue weighted by Gasteiger charge is -2.45. The molecule has 3 saturated heterocycles. The molecule has 0 radical (unpaired) electrons. The number of carbonyl (C=O) groups is 5. The Hall–Kier alpha value is -6.09. The Bertz CT molecular complexity index is 2280. The van der Waals surface area contributed by atoms with E-state index in [0.29, 0.717) is 12.5 Å². The van der Waals surface area contributed by atoms with E-state index < -0.39 is 41.2 Å². The van der Waals surface area contributed by atoms with Gasteiger partial charge in [-0.3, -0.25) is 29.4 Å². The number of amides is 6. The molecule has 5 aliphatic rings. The Balaban J connectivity index is 1.04. The molecule has 57 heavy (non-hydrogen) atoms. The largest absolute Gasteiger partial charge is 0.371 e. The van der Waals surface area contributed by atoms with Crippen LogP contribution in [0, 0.1) is 0 Å². The van der Waals surface area contributed by atoms with Gasteiger partial charge in [-0.2, -0.15) is 0 Å². The molecule has 6 N–H and O–H groups in total. The fourth-order valence-electron chi connectivity index (χ4n) is 9.59. The number of rotatable bonds is 8. The van der Waals surface area contributed by atoms with E-state index in [4.69, 9.17) is 15.7 Å². The molecular formula is C42H46N10O5. The van der Waals surface area contributed by atoms with Gasteiger partial charge in [0, 0.05) is 86.2 Å². The predicted octanol–water partition coefficient (Wildman–Crippen LogP) is 3.35. The van der Waals surface area contributed by atoms with Crippen molar-refractivity contribution in [2.24, 2.45) is 5.73 Å². The average Bonchev–Trinajstić information content (AvgIpc) is 3.81. The van der Waals surface area contributed by atoms with Gasteiger partial charge < -0.3 is 31.5 Å². The van der Waals surface area contributed by atoms with E-state index >= 15 is 0 Å². The van der Waals surface area contributed by atoms with Crippen molar-refractivity contribution in [2.45, 2.75) is 68.5 Å². The summed E-state index contributed by atoms with van der Waals surface area (Å²) in [6, 6.07) is 18.4. The first-order valence-corrected chi connectivity index (χ1v) is 19.9. The standard InChI is InChI=1S/C42H46N10O5/c43-40(57)46-27-12-15-42(16-13-27,49-41-45-23-25-4-1-2-7-33(25)47-41)32-6-3-5-29(36(32)50-20-17-44-18-21-50)26-14-19-51(24-26)28-8-9-30-31(22-28)39(56)52(38(30)55)34-10-11-35(53)48-37(34)54/h1-9,22-23,26-27,34,44H,10-21,24H2,(H3,43,46,57)(H,45,47,49)(H,48,53,54). The molecule has 15 heteroatoms. The van der Waals surface area contributed by atoms with Crippen LogP contribution < -0.4 is 36.8 Å². The quantitative estimate of drug-likeness (QED) is 0.165. The number of anilines is 3. The molecule has 0 spiro atoms. The van der Waals surface area contributed by atoms with Gasteiger partial charge in [-0.25, -0.2) is 14.8 Å². The summed E-state index contributed by atoms with van der Waals surface area (Å²) < 4.78 is 0. The van der Waals surface area contributed by atoms with E-state index in [2.05, 4.69) is 49.3 Å². The van der Waals surface area contributed by atoms with Crippen molar-refractivity contribution in [3.63, 3.8) is 0 Å². The molecule has 0 bridgehead atoms. The predicted molar refractivity (Wildman–Crippen MR) is 214 cm³/mol. The highest BCUT2D eigenvalue weighted by molar-refractivity contribution is 6.23. The molecule has 1 aliphatic carbocycles. The lowest BCUT2D eigenvalue weighted by molar-refractivity contribution is -0.136. The van der Waals surface area contributed by atoms with Crippen LogP contribution in [0.15, 0.2) is 66.9 Å². The Morgan fingerprint density at radius 3 is 2.44 bits per heavy atom. The number of nitrogens with zero attached hydrogens (tertiary/aromatic N) is 5. The maximum absolute atomic E-state index is 13.7. The van der Waals surface area contributed by atoms with Gasteiger partial charge in [-0.05, 0) is 68.4 Å². The number of urea groups is 1. The lowest BCUT2D eigenvalue weighted by atomic mass is 9.73. The summed E-state index contributed by atoms with van der Waals surface area (Å²) in [6.45, 7) is 4.88. The molecule has 2 unspecified atom stereocenters. The zero-order chi connectivity index (χ0) is 39.3. The van der Waals surface area contributed by atoms with Gasteiger partial charge in [0.15, 0.2) is 0 Å². The van der Waals surface area contributed by atoms with Crippen LogP contribution in [0.25, 0.3) is 10.9 Å². The number of nitrogens with two attached hydrogens (primary N) is 1. The van der Waals surface area contributed by atoms with E-state index in [1.807, 2.05) is 36.5 Å². The number of nitrogens with one attached hydrogen (secondary N) is 4. The van der Waals surface area contributed by atoms with Gasteiger partial charge in [0.05, 0.1) is 22.2 Å². The van der Waals surface area contributed by atoms with Crippen LogP contribution in [-0.4, -0.2) is 95.9 Å². The highest BCUT2D eigenvalue weighted by Gasteiger charge is 2.46. The van der Waals surface area contributed by atoms with Gasteiger partial charge in [-0.15, -0.1) is 0 Å². The topological polar surface area (TPSA) is 195 Å². The van der Waals surface area contributed by atoms with Crippen LogP contribution in [-0.2, 0) is 15.1 Å².